The van der Waals surface area contributed by atoms with E-state index in [0.717, 1.165) is 31.2 Å². The average molecular weight is 658 g/mol. The number of amides is 1. The Kier molecular flexibility index (Phi) is 9.12. The number of hydrogen-bond acceptors (Lipinski definition) is 8. The van der Waals surface area contributed by atoms with Crippen molar-refractivity contribution in [2.45, 2.75) is 83.6 Å². The van der Waals surface area contributed by atoms with Crippen LogP contribution < -0.4 is 15.0 Å². The minimum absolute atomic E-state index is 0.0585. The van der Waals surface area contributed by atoms with Crippen molar-refractivity contribution in [2.75, 3.05) is 14.1 Å². The minimum atomic E-state index is -4.46. The molecule has 1 aliphatic heterocycles. The van der Waals surface area contributed by atoms with Gasteiger partial charge in [-0.15, -0.1) is 4.28 Å². The molecular weight excluding hydrogens is 618 g/mol. The Hall–Kier alpha value is -3.38. The number of nitrogens with one attached hydrogen (secondary N) is 1. The third-order valence-electron chi connectivity index (χ3n) is 8.97. The van der Waals surface area contributed by atoms with Crippen LogP contribution in [0.3, 0.4) is 0 Å². The molecule has 2 aromatic carbocycles. The normalized spacial score (nSPS) is 21.3. The van der Waals surface area contributed by atoms with Crippen LogP contribution in [0.4, 0.5) is 0 Å². The first-order valence-corrected chi connectivity index (χ1v) is 16.8. The molecular formula is C33H40ClN3O7S. The molecule has 1 fully saturated rings. The van der Waals surface area contributed by atoms with Gasteiger partial charge < -0.3 is 19.4 Å². The van der Waals surface area contributed by atoms with Crippen molar-refractivity contribution in [3.05, 3.63) is 85.3 Å². The first-order valence-electron chi connectivity index (χ1n) is 15.0. The lowest BCUT2D eigenvalue weighted by Crippen LogP contribution is -2.46. The van der Waals surface area contributed by atoms with Crippen molar-refractivity contribution in [3.8, 4) is 11.5 Å². The van der Waals surface area contributed by atoms with Crippen LogP contribution >= 0.6 is 11.6 Å². The molecule has 1 amide bonds. The molecule has 1 aliphatic carbocycles. The molecule has 5 rings (SSSR count). The van der Waals surface area contributed by atoms with Gasteiger partial charge in [-0.05, 0) is 97.3 Å². The summed E-state index contributed by atoms with van der Waals surface area (Å²) in [5, 5.41) is 0.834. The van der Waals surface area contributed by atoms with Gasteiger partial charge in [-0.25, -0.2) is 0 Å². The summed E-state index contributed by atoms with van der Waals surface area (Å²) in [6.07, 6.45) is 3.82. The number of pyridine rings is 1. The predicted molar refractivity (Wildman–Crippen MR) is 171 cm³/mol. The van der Waals surface area contributed by atoms with Gasteiger partial charge in [0.2, 0.25) is 0 Å². The molecule has 0 bridgehead atoms. The molecule has 1 saturated carbocycles. The third-order valence-corrected chi connectivity index (χ3v) is 10.5. The summed E-state index contributed by atoms with van der Waals surface area (Å²) in [5.41, 5.74) is 2.26. The molecule has 1 N–H and O–H groups in total. The van der Waals surface area contributed by atoms with Gasteiger partial charge in [0.25, 0.3) is 17.3 Å². The molecule has 10 nitrogen and oxygen atoms in total. The Morgan fingerprint density at radius 3 is 2.24 bits per heavy atom. The van der Waals surface area contributed by atoms with E-state index in [2.05, 4.69) is 24.0 Å². The van der Waals surface area contributed by atoms with Gasteiger partial charge in [-0.2, -0.15) is 13.5 Å². The summed E-state index contributed by atoms with van der Waals surface area (Å²) in [6, 6.07) is 9.71. The quantitative estimate of drug-likeness (QED) is 0.301. The number of aromatic amines is 1. The lowest BCUT2D eigenvalue weighted by molar-refractivity contribution is -0.123. The van der Waals surface area contributed by atoms with E-state index in [1.807, 2.05) is 13.8 Å². The second-order valence-corrected chi connectivity index (χ2v) is 14.4. The van der Waals surface area contributed by atoms with Crippen LogP contribution in [0.15, 0.2) is 46.1 Å². The molecule has 242 valence electrons. The van der Waals surface area contributed by atoms with Gasteiger partial charge in [0.1, 0.15) is 0 Å². The number of hydroxylamine groups is 2. The lowest BCUT2D eigenvalue weighted by atomic mass is 9.81. The maximum Gasteiger partial charge on any atom is 0.317 e. The van der Waals surface area contributed by atoms with E-state index in [9.17, 15) is 18.0 Å². The highest BCUT2D eigenvalue weighted by molar-refractivity contribution is 7.86. The van der Waals surface area contributed by atoms with E-state index in [1.54, 1.807) is 39.0 Å². The van der Waals surface area contributed by atoms with E-state index in [-0.39, 0.29) is 27.0 Å². The molecule has 2 aliphatic rings. The number of H-pyrrole nitrogens is 1. The number of aryl methyl sites for hydroxylation is 3. The van der Waals surface area contributed by atoms with Gasteiger partial charge >= 0.3 is 10.1 Å². The van der Waals surface area contributed by atoms with E-state index in [1.165, 1.54) is 18.2 Å². The number of hydrogen-bond donors (Lipinski definition) is 1. The molecule has 1 atom stereocenters. The number of nitrogens with zero attached hydrogens (tertiary/aromatic N) is 2. The summed E-state index contributed by atoms with van der Waals surface area (Å²) in [4.78, 5) is 31.9. The van der Waals surface area contributed by atoms with Crippen molar-refractivity contribution in [1.29, 1.82) is 0 Å². The van der Waals surface area contributed by atoms with Gasteiger partial charge in [-0.1, -0.05) is 29.3 Å². The van der Waals surface area contributed by atoms with Crippen LogP contribution in [-0.2, 0) is 20.9 Å². The second kappa shape index (κ2) is 12.4. The number of halogens is 1. The highest BCUT2D eigenvalue weighted by Gasteiger charge is 2.48. The molecule has 12 heteroatoms. The van der Waals surface area contributed by atoms with Crippen LogP contribution in [0.5, 0.6) is 11.5 Å². The summed E-state index contributed by atoms with van der Waals surface area (Å²) >= 11 is 6.70. The Bertz CT molecular complexity index is 1780. The van der Waals surface area contributed by atoms with Crippen LogP contribution in [0.2, 0.25) is 5.02 Å². The number of ether oxygens (including phenoxy) is 2. The fraction of sp³-hybridized carbons (Fsp3) is 0.455. The lowest BCUT2D eigenvalue weighted by Gasteiger charge is -2.39. The van der Waals surface area contributed by atoms with Crippen molar-refractivity contribution in [1.82, 2.24) is 14.9 Å². The van der Waals surface area contributed by atoms with Crippen molar-refractivity contribution >= 4 is 27.6 Å². The predicted octanol–water partition coefficient (Wildman–Crippen LogP) is 5.83. The fourth-order valence-corrected chi connectivity index (χ4v) is 7.35. The minimum Gasteiger partial charge on any atom is -0.448 e. The largest absolute Gasteiger partial charge is 0.448 e. The monoisotopic (exact) mass is 657 g/mol. The molecule has 0 radical (unpaired) electrons. The smallest absolute Gasteiger partial charge is 0.317 e. The molecule has 2 heterocycles. The fourth-order valence-electron chi connectivity index (χ4n) is 6.21. The van der Waals surface area contributed by atoms with E-state index < -0.39 is 33.9 Å². The highest BCUT2D eigenvalue weighted by atomic mass is 35.5. The van der Waals surface area contributed by atoms with Crippen LogP contribution in [0, 0.1) is 33.6 Å². The van der Waals surface area contributed by atoms with Gasteiger partial charge in [0.05, 0.1) is 22.0 Å². The van der Waals surface area contributed by atoms with Gasteiger partial charge in [0, 0.05) is 35.7 Å². The number of benzene rings is 2. The maximum absolute atomic E-state index is 14.2. The SMILES string of the molecule is Cc1ccc(S(=O)(=O)ON(Cc2c(C)cc(C)[nH]c2=O)C(=O)c2cc(Cl)c3c(c2C)O[C@@](C)(C2CCC(N(C)C)CC2)O3)cc1. The number of fused-ring (bicyclic) bond motifs is 1. The topological polar surface area (TPSA) is 118 Å². The van der Waals surface area contributed by atoms with E-state index in [0.29, 0.717) is 39.4 Å². The maximum atomic E-state index is 14.2. The van der Waals surface area contributed by atoms with Crippen molar-refractivity contribution < 1.29 is 27.0 Å². The van der Waals surface area contributed by atoms with E-state index in [4.69, 9.17) is 25.4 Å². The molecule has 3 aromatic rings. The molecule has 45 heavy (non-hydrogen) atoms. The highest BCUT2D eigenvalue weighted by Crippen LogP contribution is 2.52. The number of carbonyl (C=O) groups excluding carboxylic acids is 1. The average Bonchev–Trinajstić information content (AvgIpc) is 3.35. The Labute approximate surface area is 269 Å². The summed E-state index contributed by atoms with van der Waals surface area (Å²) < 4.78 is 45.1. The van der Waals surface area contributed by atoms with Crippen molar-refractivity contribution in [2.24, 2.45) is 5.92 Å². The standard InChI is InChI=1S/C33H40ClN3O7S/c1-19-8-14-25(15-9-19)45(40,41)44-37(18-27-20(2)16-21(3)35-31(27)38)32(39)26-17-28(34)30-29(22(26)4)42-33(5,43-30)23-10-12-24(13-11-23)36(6)7/h8-9,14-17,23-24H,10-13,18H2,1-7H3,(H,35,38)/t23?,24?,33-/m1/s1. The first-order chi connectivity index (χ1) is 21.1. The molecule has 0 saturated heterocycles. The van der Waals surface area contributed by atoms with Gasteiger partial charge in [0.15, 0.2) is 11.5 Å². The molecule has 0 spiro atoms. The first kappa shape index (κ1) is 33.0. The van der Waals surface area contributed by atoms with E-state index >= 15 is 0 Å². The third kappa shape index (κ3) is 6.63. The van der Waals surface area contributed by atoms with Gasteiger partial charge in [-0.3, -0.25) is 9.59 Å². The Balaban J connectivity index is 1.50. The number of rotatable bonds is 8. The number of carbonyl (C=O) groups is 1. The summed E-state index contributed by atoms with van der Waals surface area (Å²) in [7, 11) is -0.290. The second-order valence-electron chi connectivity index (χ2n) is 12.5. The number of aromatic nitrogens is 1. The zero-order chi connectivity index (χ0) is 32.8. The Morgan fingerprint density at radius 1 is 1.02 bits per heavy atom. The zero-order valence-electron chi connectivity index (χ0n) is 26.7. The molecule has 1 aromatic heterocycles. The zero-order valence-corrected chi connectivity index (χ0v) is 28.3. The summed E-state index contributed by atoms with van der Waals surface area (Å²) in [5.74, 6) is -1.02. The van der Waals surface area contributed by atoms with Crippen LogP contribution in [0.25, 0.3) is 0 Å². The van der Waals surface area contributed by atoms with Crippen LogP contribution in [0.1, 0.15) is 70.9 Å². The Morgan fingerprint density at radius 2 is 1.64 bits per heavy atom. The van der Waals surface area contributed by atoms with Crippen molar-refractivity contribution in [3.63, 3.8) is 0 Å². The molecule has 0 unspecified atom stereocenters. The summed E-state index contributed by atoms with van der Waals surface area (Å²) in [6.45, 7) is 8.41. The van der Waals surface area contributed by atoms with Crippen LogP contribution in [-0.4, -0.2) is 55.2 Å².